The highest BCUT2D eigenvalue weighted by molar-refractivity contribution is 5.48. The average Bonchev–Trinajstić information content (AvgIpc) is 2.36. The van der Waals surface area contributed by atoms with E-state index in [4.69, 9.17) is 4.74 Å². The summed E-state index contributed by atoms with van der Waals surface area (Å²) in [5.74, 6) is 0.488. The van der Waals surface area contributed by atoms with Crippen LogP contribution >= 0.6 is 0 Å². The van der Waals surface area contributed by atoms with E-state index < -0.39 is 0 Å². The van der Waals surface area contributed by atoms with Crippen molar-refractivity contribution in [2.75, 3.05) is 37.7 Å². The number of pyridine rings is 1. The van der Waals surface area contributed by atoms with Crippen molar-refractivity contribution in [1.82, 2.24) is 9.88 Å². The van der Waals surface area contributed by atoms with Gasteiger partial charge in [-0.2, -0.15) is 0 Å². The number of piperazine rings is 1. The van der Waals surface area contributed by atoms with Gasteiger partial charge in [0.1, 0.15) is 0 Å². The van der Waals surface area contributed by atoms with E-state index in [0.29, 0.717) is 12.0 Å². The molecule has 2 fully saturated rings. The van der Waals surface area contributed by atoms with Crippen molar-refractivity contribution in [3.05, 3.63) is 24.0 Å². The fraction of sp³-hybridized carbons (Fsp3) is 0.706. The van der Waals surface area contributed by atoms with E-state index in [1.54, 1.807) is 0 Å². The van der Waals surface area contributed by atoms with Gasteiger partial charge in [0.2, 0.25) is 0 Å². The van der Waals surface area contributed by atoms with Gasteiger partial charge in [-0.05, 0) is 31.9 Å². The second kappa shape index (κ2) is 5.58. The van der Waals surface area contributed by atoms with Gasteiger partial charge in [0, 0.05) is 30.9 Å². The molecule has 0 saturated carbocycles. The molecular formula is C17H27N3O. The Bertz CT molecular complexity index is 479. The number of ether oxygens (including phenoxy) is 1. The lowest BCUT2D eigenvalue weighted by Gasteiger charge is -2.51. The first-order valence-corrected chi connectivity index (χ1v) is 8.03. The van der Waals surface area contributed by atoms with Crippen LogP contribution in [0.2, 0.25) is 0 Å². The molecule has 0 amide bonds. The Morgan fingerprint density at radius 1 is 1.24 bits per heavy atom. The third-order valence-corrected chi connectivity index (χ3v) is 4.74. The number of rotatable bonds is 3. The van der Waals surface area contributed by atoms with Gasteiger partial charge in [0.05, 0.1) is 31.1 Å². The quantitative estimate of drug-likeness (QED) is 0.855. The maximum atomic E-state index is 5.34. The molecule has 3 rings (SSSR count). The summed E-state index contributed by atoms with van der Waals surface area (Å²) in [4.78, 5) is 9.70. The Kier molecular flexibility index (Phi) is 3.93. The zero-order valence-corrected chi connectivity index (χ0v) is 13.7. The fourth-order valence-electron chi connectivity index (χ4n) is 3.32. The first kappa shape index (κ1) is 14.8. The van der Waals surface area contributed by atoms with Crippen molar-refractivity contribution in [1.29, 1.82) is 0 Å². The van der Waals surface area contributed by atoms with Crippen molar-refractivity contribution in [2.24, 2.45) is 0 Å². The van der Waals surface area contributed by atoms with Gasteiger partial charge in [-0.1, -0.05) is 13.8 Å². The van der Waals surface area contributed by atoms with E-state index in [-0.39, 0.29) is 5.54 Å². The predicted molar refractivity (Wildman–Crippen MR) is 85.9 cm³/mol. The lowest BCUT2D eigenvalue weighted by molar-refractivity contribution is -0.0741. The largest absolute Gasteiger partial charge is 0.378 e. The first-order chi connectivity index (χ1) is 9.97. The Hall–Kier alpha value is -1.13. The van der Waals surface area contributed by atoms with Gasteiger partial charge in [0.25, 0.3) is 0 Å². The van der Waals surface area contributed by atoms with Crippen LogP contribution in [0.3, 0.4) is 0 Å². The lowest BCUT2D eigenvalue weighted by Crippen LogP contribution is -2.64. The Morgan fingerprint density at radius 2 is 2.00 bits per heavy atom. The highest BCUT2D eigenvalue weighted by atomic mass is 16.5. The summed E-state index contributed by atoms with van der Waals surface area (Å²) in [5.41, 5.74) is 2.55. The summed E-state index contributed by atoms with van der Waals surface area (Å²) >= 11 is 0. The summed E-state index contributed by atoms with van der Waals surface area (Å²) < 4.78 is 5.34. The Labute approximate surface area is 128 Å². The summed E-state index contributed by atoms with van der Waals surface area (Å²) in [6, 6.07) is 5.03. The Morgan fingerprint density at radius 3 is 2.48 bits per heavy atom. The molecule has 0 unspecified atom stereocenters. The molecule has 0 aliphatic carbocycles. The molecule has 116 valence electrons. The van der Waals surface area contributed by atoms with E-state index in [9.17, 15) is 0 Å². The van der Waals surface area contributed by atoms with Gasteiger partial charge >= 0.3 is 0 Å². The van der Waals surface area contributed by atoms with E-state index in [2.05, 4.69) is 54.6 Å². The molecule has 2 aliphatic rings. The molecule has 0 spiro atoms. The minimum Gasteiger partial charge on any atom is -0.378 e. The molecule has 3 heterocycles. The summed E-state index contributed by atoms with van der Waals surface area (Å²) in [7, 11) is 0. The fourth-order valence-corrected chi connectivity index (χ4v) is 3.32. The third kappa shape index (κ3) is 2.92. The van der Waals surface area contributed by atoms with Gasteiger partial charge in [-0.3, -0.25) is 9.88 Å². The summed E-state index contributed by atoms with van der Waals surface area (Å²) in [6.07, 6.45) is 2.04. The minimum absolute atomic E-state index is 0.134. The van der Waals surface area contributed by atoms with Crippen LogP contribution in [0.15, 0.2) is 18.3 Å². The third-order valence-electron chi connectivity index (χ3n) is 4.74. The number of nitrogens with zero attached hydrogens (tertiary/aromatic N) is 3. The monoisotopic (exact) mass is 289 g/mol. The van der Waals surface area contributed by atoms with Gasteiger partial charge in [0.15, 0.2) is 0 Å². The molecule has 1 aromatic rings. The van der Waals surface area contributed by atoms with Gasteiger partial charge < -0.3 is 9.64 Å². The van der Waals surface area contributed by atoms with E-state index in [1.807, 2.05) is 6.20 Å². The molecule has 4 nitrogen and oxygen atoms in total. The number of hydrogen-bond acceptors (Lipinski definition) is 4. The second-order valence-electron chi connectivity index (χ2n) is 7.22. The maximum absolute atomic E-state index is 5.34. The topological polar surface area (TPSA) is 28.6 Å². The van der Waals surface area contributed by atoms with Crippen molar-refractivity contribution >= 4 is 5.69 Å². The molecule has 2 saturated heterocycles. The van der Waals surface area contributed by atoms with Crippen molar-refractivity contribution < 1.29 is 4.74 Å². The van der Waals surface area contributed by atoms with Crippen LogP contribution < -0.4 is 4.90 Å². The number of hydrogen-bond donors (Lipinski definition) is 0. The van der Waals surface area contributed by atoms with E-state index >= 15 is 0 Å². The van der Waals surface area contributed by atoms with Crippen LogP contribution in [-0.4, -0.2) is 54.3 Å². The van der Waals surface area contributed by atoms with Crippen LogP contribution in [0.1, 0.15) is 39.3 Å². The molecule has 1 aromatic heterocycles. The van der Waals surface area contributed by atoms with Crippen molar-refractivity contribution in [3.63, 3.8) is 0 Å². The molecule has 0 aromatic carbocycles. The summed E-state index contributed by atoms with van der Waals surface area (Å²) in [5, 5.41) is 0. The van der Waals surface area contributed by atoms with E-state index in [0.717, 1.165) is 32.8 Å². The highest BCUT2D eigenvalue weighted by Gasteiger charge is 2.38. The maximum Gasteiger partial charge on any atom is 0.0645 e. The normalized spacial score (nSPS) is 23.4. The minimum atomic E-state index is 0.134. The van der Waals surface area contributed by atoms with Crippen LogP contribution in [-0.2, 0) is 4.74 Å². The van der Waals surface area contributed by atoms with E-state index in [1.165, 1.54) is 11.4 Å². The van der Waals surface area contributed by atoms with Crippen molar-refractivity contribution in [3.8, 4) is 0 Å². The van der Waals surface area contributed by atoms with Gasteiger partial charge in [-0.15, -0.1) is 0 Å². The molecule has 4 heteroatoms. The SMILES string of the molecule is CC(C)c1ccc(N2CCN(C3COC3)CC2(C)C)cn1. The second-order valence-corrected chi connectivity index (χ2v) is 7.22. The lowest BCUT2D eigenvalue weighted by atomic mass is 9.96. The van der Waals surface area contributed by atoms with Crippen LogP contribution in [0.25, 0.3) is 0 Å². The molecular weight excluding hydrogens is 262 g/mol. The molecule has 0 radical (unpaired) electrons. The molecule has 2 aliphatic heterocycles. The van der Waals surface area contributed by atoms with Crippen LogP contribution in [0.4, 0.5) is 5.69 Å². The zero-order valence-electron chi connectivity index (χ0n) is 13.7. The highest BCUT2D eigenvalue weighted by Crippen LogP contribution is 2.30. The zero-order chi connectivity index (χ0) is 15.0. The molecule has 0 N–H and O–H groups in total. The van der Waals surface area contributed by atoms with Crippen LogP contribution in [0, 0.1) is 0 Å². The predicted octanol–water partition coefficient (Wildman–Crippen LogP) is 2.50. The van der Waals surface area contributed by atoms with Crippen molar-refractivity contribution in [2.45, 2.75) is 45.2 Å². The molecule has 0 atom stereocenters. The first-order valence-electron chi connectivity index (χ1n) is 8.03. The average molecular weight is 289 g/mol. The standard InChI is InChI=1S/C17H27N3O/c1-13(2)16-6-5-14(9-18-16)20-8-7-19(12-17(20,3)4)15-10-21-11-15/h5-6,9,13,15H,7-8,10-12H2,1-4H3. The van der Waals surface area contributed by atoms with Gasteiger partial charge in [-0.25, -0.2) is 0 Å². The number of aromatic nitrogens is 1. The number of anilines is 1. The van der Waals surface area contributed by atoms with Crippen LogP contribution in [0.5, 0.6) is 0 Å². The summed E-state index contributed by atoms with van der Waals surface area (Å²) in [6.45, 7) is 14.1. The molecule has 0 bridgehead atoms. The molecule has 21 heavy (non-hydrogen) atoms. The Balaban J connectivity index is 1.73. The smallest absolute Gasteiger partial charge is 0.0645 e.